The van der Waals surface area contributed by atoms with Gasteiger partial charge < -0.3 is 5.32 Å². The lowest BCUT2D eigenvalue weighted by molar-refractivity contribution is 0.482. The molecule has 0 saturated heterocycles. The van der Waals surface area contributed by atoms with Crippen LogP contribution in [-0.2, 0) is 6.54 Å². The van der Waals surface area contributed by atoms with Crippen LogP contribution in [0, 0.1) is 12.8 Å². The molecular weight excluding hydrogens is 484 g/mol. The Bertz CT molecular complexity index is 1510. The molecule has 9 nitrogen and oxygen atoms in total. The molecule has 0 amide bonds. The Labute approximate surface area is 219 Å². The lowest BCUT2D eigenvalue weighted by Crippen LogP contribution is -2.29. The van der Waals surface area contributed by atoms with Gasteiger partial charge in [0.1, 0.15) is 11.8 Å². The normalized spacial score (nSPS) is 16.2. The van der Waals surface area contributed by atoms with E-state index in [1.807, 2.05) is 18.5 Å². The van der Waals surface area contributed by atoms with Crippen LogP contribution >= 0.6 is 11.9 Å². The SMILES string of the molecule is CNSc1ccc(CNc2nc3cnc(-c4c(C)ncnc4C4CC4)nc3n(C(C)C3CC3)c2=O)cc1. The zero-order chi connectivity index (χ0) is 25.5. The highest BCUT2D eigenvalue weighted by atomic mass is 32.2. The number of benzene rings is 1. The molecule has 6 rings (SSSR count). The van der Waals surface area contributed by atoms with E-state index in [2.05, 4.69) is 61.2 Å². The van der Waals surface area contributed by atoms with Crippen molar-refractivity contribution in [3.63, 3.8) is 0 Å². The van der Waals surface area contributed by atoms with Crippen molar-refractivity contribution in [3.8, 4) is 11.4 Å². The van der Waals surface area contributed by atoms with Crippen LogP contribution < -0.4 is 15.6 Å². The Morgan fingerprint density at radius 1 is 1.08 bits per heavy atom. The average Bonchev–Trinajstić information content (AvgIpc) is 3.82. The molecular formula is C27H30N8OS. The molecule has 4 aromatic rings. The highest BCUT2D eigenvalue weighted by Gasteiger charge is 2.33. The largest absolute Gasteiger partial charge is 0.361 e. The third-order valence-corrected chi connectivity index (χ3v) is 7.91. The molecule has 10 heteroatoms. The van der Waals surface area contributed by atoms with E-state index in [4.69, 9.17) is 4.98 Å². The molecule has 3 aromatic heterocycles. The summed E-state index contributed by atoms with van der Waals surface area (Å²) in [6, 6.07) is 8.24. The van der Waals surface area contributed by atoms with Gasteiger partial charge in [-0.25, -0.2) is 24.9 Å². The zero-order valence-electron chi connectivity index (χ0n) is 21.2. The molecule has 37 heavy (non-hydrogen) atoms. The fourth-order valence-electron chi connectivity index (χ4n) is 4.82. The number of aryl methyl sites for hydroxylation is 1. The second-order valence-corrected chi connectivity index (χ2v) is 11.0. The molecule has 0 bridgehead atoms. The summed E-state index contributed by atoms with van der Waals surface area (Å²) in [4.78, 5) is 38.1. The molecule has 190 valence electrons. The van der Waals surface area contributed by atoms with Crippen molar-refractivity contribution in [2.75, 3.05) is 12.4 Å². The molecule has 0 aliphatic heterocycles. The summed E-state index contributed by atoms with van der Waals surface area (Å²) in [5.74, 6) is 1.78. The Kier molecular flexibility index (Phi) is 6.37. The molecule has 2 fully saturated rings. The van der Waals surface area contributed by atoms with Gasteiger partial charge >= 0.3 is 0 Å². The number of anilines is 1. The quantitative estimate of drug-likeness (QED) is 0.309. The lowest BCUT2D eigenvalue weighted by Gasteiger charge is -2.19. The van der Waals surface area contributed by atoms with Gasteiger partial charge in [-0.15, -0.1) is 0 Å². The van der Waals surface area contributed by atoms with Crippen molar-refractivity contribution in [2.24, 2.45) is 5.92 Å². The minimum Gasteiger partial charge on any atom is -0.361 e. The van der Waals surface area contributed by atoms with Crippen molar-refractivity contribution in [1.82, 2.24) is 34.2 Å². The first-order chi connectivity index (χ1) is 18.0. The van der Waals surface area contributed by atoms with Crippen LogP contribution in [0.5, 0.6) is 0 Å². The van der Waals surface area contributed by atoms with Crippen LogP contribution in [0.4, 0.5) is 5.82 Å². The summed E-state index contributed by atoms with van der Waals surface area (Å²) >= 11 is 1.56. The number of hydrogen-bond donors (Lipinski definition) is 2. The van der Waals surface area contributed by atoms with E-state index in [0.717, 1.165) is 53.1 Å². The first-order valence-corrected chi connectivity index (χ1v) is 13.6. The monoisotopic (exact) mass is 514 g/mol. The molecule has 1 atom stereocenters. The highest BCUT2D eigenvalue weighted by Crippen LogP contribution is 2.43. The van der Waals surface area contributed by atoms with Crippen LogP contribution in [-0.4, -0.2) is 36.5 Å². The van der Waals surface area contributed by atoms with E-state index in [0.29, 0.717) is 41.2 Å². The first-order valence-electron chi connectivity index (χ1n) is 12.8. The molecule has 2 saturated carbocycles. The number of nitrogens with zero attached hydrogens (tertiary/aromatic N) is 6. The summed E-state index contributed by atoms with van der Waals surface area (Å²) in [7, 11) is 1.90. The van der Waals surface area contributed by atoms with Crippen LogP contribution in [0.15, 0.2) is 46.5 Å². The van der Waals surface area contributed by atoms with Crippen LogP contribution in [0.25, 0.3) is 22.6 Å². The summed E-state index contributed by atoms with van der Waals surface area (Å²) in [5, 5.41) is 3.27. The van der Waals surface area contributed by atoms with Crippen LogP contribution in [0.1, 0.15) is 61.5 Å². The Hall–Kier alpha value is -3.37. The Morgan fingerprint density at radius 2 is 1.86 bits per heavy atom. The number of hydrogen-bond acceptors (Lipinski definition) is 9. The smallest absolute Gasteiger partial charge is 0.295 e. The minimum atomic E-state index is -0.151. The molecule has 1 aromatic carbocycles. The van der Waals surface area contributed by atoms with E-state index in [1.165, 1.54) is 0 Å². The molecule has 2 aliphatic carbocycles. The fraction of sp³-hybridized carbons (Fsp3) is 0.407. The van der Waals surface area contributed by atoms with Gasteiger partial charge in [-0.1, -0.05) is 12.1 Å². The highest BCUT2D eigenvalue weighted by molar-refractivity contribution is 7.97. The first kappa shape index (κ1) is 24.0. The van der Waals surface area contributed by atoms with Crippen LogP contribution in [0.2, 0.25) is 0 Å². The molecule has 0 radical (unpaired) electrons. The van der Waals surface area contributed by atoms with Crippen molar-refractivity contribution in [2.45, 2.75) is 62.9 Å². The number of fused-ring (bicyclic) bond motifs is 1. The Balaban J connectivity index is 1.40. The average molecular weight is 515 g/mol. The van der Waals surface area contributed by atoms with Gasteiger partial charge in [0.15, 0.2) is 17.3 Å². The summed E-state index contributed by atoms with van der Waals surface area (Å²) in [6.07, 6.45) is 7.82. The number of nitrogens with one attached hydrogen (secondary N) is 2. The topological polar surface area (TPSA) is 111 Å². The third kappa shape index (κ3) is 4.83. The molecule has 3 heterocycles. The lowest BCUT2D eigenvalue weighted by atomic mass is 10.1. The van der Waals surface area contributed by atoms with Gasteiger partial charge in [0.2, 0.25) is 0 Å². The zero-order valence-corrected chi connectivity index (χ0v) is 22.0. The van der Waals surface area contributed by atoms with Gasteiger partial charge in [0.25, 0.3) is 5.56 Å². The maximum atomic E-state index is 13.8. The summed E-state index contributed by atoms with van der Waals surface area (Å²) < 4.78 is 4.89. The summed E-state index contributed by atoms with van der Waals surface area (Å²) in [6.45, 7) is 4.57. The van der Waals surface area contributed by atoms with Gasteiger partial charge in [-0.05, 0) is 82.1 Å². The summed E-state index contributed by atoms with van der Waals surface area (Å²) in [5.41, 5.74) is 4.82. The maximum absolute atomic E-state index is 13.8. The molecule has 2 aliphatic rings. The van der Waals surface area contributed by atoms with Gasteiger partial charge in [0, 0.05) is 23.4 Å². The standard InChI is InChI=1S/C27H30N8OS/c1-15-22(23(19-8-9-19)32-14-31-15)24-30-13-21-26(34-24)35(16(2)18-6-7-18)27(36)25(33-21)29-12-17-4-10-20(11-5-17)37-28-3/h4-5,10-11,13-14,16,18-19,28H,6-9,12H2,1-3H3,(H,29,33). The van der Waals surface area contributed by atoms with Crippen molar-refractivity contribution >= 4 is 28.9 Å². The van der Waals surface area contributed by atoms with Crippen LogP contribution in [0.3, 0.4) is 0 Å². The second-order valence-electron chi connectivity index (χ2n) is 9.91. The van der Waals surface area contributed by atoms with Gasteiger partial charge in [-0.2, -0.15) is 0 Å². The Morgan fingerprint density at radius 3 is 2.57 bits per heavy atom. The molecule has 2 N–H and O–H groups in total. The van der Waals surface area contributed by atoms with Crippen molar-refractivity contribution < 1.29 is 0 Å². The van der Waals surface area contributed by atoms with E-state index < -0.39 is 0 Å². The number of aromatic nitrogens is 6. The maximum Gasteiger partial charge on any atom is 0.295 e. The van der Waals surface area contributed by atoms with Crippen molar-refractivity contribution in [3.05, 3.63) is 64.1 Å². The van der Waals surface area contributed by atoms with Crippen molar-refractivity contribution in [1.29, 1.82) is 0 Å². The third-order valence-electron chi connectivity index (χ3n) is 7.20. The van der Waals surface area contributed by atoms with E-state index in [9.17, 15) is 4.79 Å². The fourth-order valence-corrected chi connectivity index (χ4v) is 5.33. The van der Waals surface area contributed by atoms with E-state index in [-0.39, 0.29) is 11.6 Å². The van der Waals surface area contributed by atoms with Gasteiger partial charge in [0.05, 0.1) is 23.1 Å². The van der Waals surface area contributed by atoms with Gasteiger partial charge in [-0.3, -0.25) is 14.1 Å². The van der Waals surface area contributed by atoms with E-state index in [1.54, 1.807) is 24.5 Å². The second kappa shape index (κ2) is 9.83. The predicted octanol–water partition coefficient (Wildman–Crippen LogP) is 4.64. The predicted molar refractivity (Wildman–Crippen MR) is 145 cm³/mol. The molecule has 1 unspecified atom stereocenters. The minimum absolute atomic E-state index is 0.0233. The number of rotatable bonds is 9. The molecule has 0 spiro atoms. The van der Waals surface area contributed by atoms with E-state index >= 15 is 0 Å².